The Bertz CT molecular complexity index is 1110. The van der Waals surface area contributed by atoms with Crippen molar-refractivity contribution in [2.45, 2.75) is 98.3 Å². The Kier molecular flexibility index (Phi) is 15.8. The summed E-state index contributed by atoms with van der Waals surface area (Å²) < 4.78 is 5.84. The third kappa shape index (κ3) is 15.4. The fraction of sp³-hybridized carbons (Fsp3) is 0.625. The van der Waals surface area contributed by atoms with E-state index in [1.807, 2.05) is 26.8 Å². The number of benzene rings is 1. The molecule has 0 saturated heterocycles. The number of ketones is 2. The lowest BCUT2D eigenvalue weighted by atomic mass is 9.90. The van der Waals surface area contributed by atoms with Crippen LogP contribution in [-0.2, 0) is 35.1 Å². The minimum absolute atomic E-state index is 0.0264. The van der Waals surface area contributed by atoms with Crippen molar-refractivity contribution in [1.82, 2.24) is 10.6 Å². The molecule has 0 fully saturated rings. The lowest BCUT2D eigenvalue weighted by Crippen LogP contribution is -2.50. The summed E-state index contributed by atoms with van der Waals surface area (Å²) in [5.41, 5.74) is 5.70. The number of rotatable bonds is 19. The van der Waals surface area contributed by atoms with Gasteiger partial charge in [-0.15, -0.1) is 0 Å². The van der Waals surface area contributed by atoms with Gasteiger partial charge in [-0.2, -0.15) is 0 Å². The number of aliphatic imine (C=N–C) groups is 1. The molecule has 1 aromatic carbocycles. The second-order valence-corrected chi connectivity index (χ2v) is 12.4. The van der Waals surface area contributed by atoms with Gasteiger partial charge in [0.15, 0.2) is 5.78 Å². The minimum atomic E-state index is -1.21. The Morgan fingerprint density at radius 2 is 1.56 bits per heavy atom. The molecule has 43 heavy (non-hydrogen) atoms. The quantitative estimate of drug-likeness (QED) is 0.106. The van der Waals surface area contributed by atoms with Gasteiger partial charge in [0.05, 0.1) is 30.0 Å². The fourth-order valence-corrected chi connectivity index (χ4v) is 4.44. The summed E-state index contributed by atoms with van der Waals surface area (Å²) >= 11 is 0. The number of carbonyl (C=O) groups excluding carboxylic acids is 4. The topological polar surface area (TPSA) is 177 Å². The Morgan fingerprint density at radius 1 is 0.953 bits per heavy atom. The van der Waals surface area contributed by atoms with Crippen LogP contribution in [0.4, 0.5) is 0 Å². The number of hydrogen-bond donors (Lipinski definition) is 4. The van der Waals surface area contributed by atoms with E-state index in [0.29, 0.717) is 25.2 Å². The molecule has 0 radical (unpaired) electrons. The first-order valence-corrected chi connectivity index (χ1v) is 14.8. The first kappa shape index (κ1) is 37.4. The van der Waals surface area contributed by atoms with Crippen LogP contribution in [0.1, 0.15) is 79.7 Å². The van der Waals surface area contributed by atoms with E-state index in [2.05, 4.69) is 15.6 Å². The van der Waals surface area contributed by atoms with Crippen LogP contribution in [0, 0.1) is 17.8 Å². The number of aliphatic carboxylic acids is 1. The van der Waals surface area contributed by atoms with Crippen LogP contribution in [0.25, 0.3) is 0 Å². The predicted molar refractivity (Wildman–Crippen MR) is 165 cm³/mol. The van der Waals surface area contributed by atoms with Crippen LogP contribution >= 0.6 is 0 Å². The van der Waals surface area contributed by atoms with Crippen LogP contribution < -0.4 is 16.4 Å². The van der Waals surface area contributed by atoms with E-state index in [9.17, 15) is 29.1 Å². The zero-order chi connectivity index (χ0) is 32.7. The summed E-state index contributed by atoms with van der Waals surface area (Å²) in [6.07, 6.45) is 0.758. The predicted octanol–water partition coefficient (Wildman–Crippen LogP) is 3.08. The number of Topliss-reactive ketones (excluding diaryl/α,β-unsaturated/α-hetero) is 2. The highest BCUT2D eigenvalue weighted by Gasteiger charge is 2.33. The zero-order valence-electron chi connectivity index (χ0n) is 26.6. The van der Waals surface area contributed by atoms with Crippen molar-refractivity contribution in [2.75, 3.05) is 13.2 Å². The number of carboxylic acids is 1. The number of amides is 2. The molecule has 0 spiro atoms. The molecule has 1 aromatic rings. The van der Waals surface area contributed by atoms with E-state index in [0.717, 1.165) is 5.56 Å². The molecule has 2 amide bonds. The molecular weight excluding hydrogens is 552 g/mol. The third-order valence-corrected chi connectivity index (χ3v) is 6.72. The molecule has 0 saturated carbocycles. The van der Waals surface area contributed by atoms with Gasteiger partial charge in [0.2, 0.25) is 11.8 Å². The Balaban J connectivity index is 3.10. The van der Waals surface area contributed by atoms with Crippen molar-refractivity contribution >= 4 is 35.2 Å². The van der Waals surface area contributed by atoms with Gasteiger partial charge in [-0.25, -0.2) is 4.79 Å². The van der Waals surface area contributed by atoms with Crippen LogP contribution in [0.3, 0.4) is 0 Å². The number of carboxylic acid groups (broad SMARTS) is 1. The lowest BCUT2D eigenvalue weighted by molar-refractivity contribution is -0.144. The molecule has 4 atom stereocenters. The van der Waals surface area contributed by atoms with E-state index < -0.39 is 47.3 Å². The van der Waals surface area contributed by atoms with Crippen LogP contribution in [0.2, 0.25) is 0 Å². The summed E-state index contributed by atoms with van der Waals surface area (Å²) in [4.78, 5) is 68.2. The summed E-state index contributed by atoms with van der Waals surface area (Å²) in [6.45, 7) is 12.4. The number of carbonyl (C=O) groups is 5. The largest absolute Gasteiger partial charge is 0.480 e. The monoisotopic (exact) mass is 602 g/mol. The van der Waals surface area contributed by atoms with Gasteiger partial charge in [0.25, 0.3) is 0 Å². The van der Waals surface area contributed by atoms with E-state index in [1.54, 1.807) is 45.0 Å². The smallest absolute Gasteiger partial charge is 0.326 e. The number of amidine groups is 1. The summed E-state index contributed by atoms with van der Waals surface area (Å²) in [6, 6.07) is 6.79. The third-order valence-electron chi connectivity index (χ3n) is 6.72. The van der Waals surface area contributed by atoms with Gasteiger partial charge >= 0.3 is 5.97 Å². The second kappa shape index (κ2) is 18.1. The summed E-state index contributed by atoms with van der Waals surface area (Å²) in [7, 11) is 0. The molecule has 0 aliphatic carbocycles. The lowest BCUT2D eigenvalue weighted by Gasteiger charge is -2.28. The highest BCUT2D eigenvalue weighted by Crippen LogP contribution is 2.19. The van der Waals surface area contributed by atoms with Crippen LogP contribution in [0.5, 0.6) is 0 Å². The fourth-order valence-electron chi connectivity index (χ4n) is 4.44. The van der Waals surface area contributed by atoms with Gasteiger partial charge < -0.3 is 31.0 Å². The maximum Gasteiger partial charge on any atom is 0.326 e. The maximum atomic E-state index is 13.6. The van der Waals surface area contributed by atoms with Crippen molar-refractivity contribution in [1.29, 1.82) is 0 Å². The molecule has 11 heteroatoms. The number of nitrogens with zero attached hydrogens (tertiary/aromatic N) is 1. The summed E-state index contributed by atoms with van der Waals surface area (Å²) in [5.74, 6) is -4.29. The number of nitrogens with two attached hydrogens (primary N) is 1. The first-order chi connectivity index (χ1) is 20.0. The van der Waals surface area contributed by atoms with Crippen molar-refractivity contribution in [3.63, 3.8) is 0 Å². The Morgan fingerprint density at radius 3 is 2.07 bits per heavy atom. The van der Waals surface area contributed by atoms with Crippen LogP contribution in [0.15, 0.2) is 35.3 Å². The zero-order valence-corrected chi connectivity index (χ0v) is 26.6. The molecule has 0 aromatic heterocycles. The van der Waals surface area contributed by atoms with Crippen molar-refractivity contribution in [3.8, 4) is 0 Å². The van der Waals surface area contributed by atoms with Gasteiger partial charge in [-0.3, -0.25) is 19.4 Å². The minimum Gasteiger partial charge on any atom is -0.480 e. The average molecular weight is 603 g/mol. The van der Waals surface area contributed by atoms with Crippen LogP contribution in [-0.4, -0.2) is 71.1 Å². The highest BCUT2D eigenvalue weighted by atomic mass is 16.5. The number of nitrogens with one attached hydrogen (secondary N) is 2. The standard InChI is InChI=1S/C32H50N4O7/c1-20(2)28(36-29(39)24(16-21(3)37)14-11-15-34-22(4)33)27(38)18-25(19-43-32(5,6)7)30(40)35-26(31(41)42)17-23-12-9-8-10-13-23/h8-10,12-13,20,24-26,28H,11,14-19H2,1-7H3,(H2,33,34)(H,35,40)(H,36,39)(H,41,42)/t24-,25+,26+,28+/m1/s1. The summed E-state index contributed by atoms with van der Waals surface area (Å²) in [5, 5.41) is 15.2. The normalized spacial score (nSPS) is 14.8. The molecule has 0 bridgehead atoms. The van der Waals surface area contributed by atoms with Gasteiger partial charge in [-0.1, -0.05) is 44.2 Å². The Hall–Kier alpha value is -3.60. The SMILES string of the molecule is CC(=O)C[C@@H](CCCN=C(C)N)C(=O)N[C@H](C(=O)C[C@@H](COC(C)(C)C)C(=O)N[C@@H](Cc1ccccc1)C(=O)O)C(C)C. The number of hydrogen-bond acceptors (Lipinski definition) is 7. The molecule has 240 valence electrons. The molecule has 0 heterocycles. The van der Waals surface area contributed by atoms with Crippen molar-refractivity contribution in [3.05, 3.63) is 35.9 Å². The molecule has 0 aliphatic rings. The maximum absolute atomic E-state index is 13.6. The van der Waals surface area contributed by atoms with E-state index in [-0.39, 0.29) is 43.4 Å². The van der Waals surface area contributed by atoms with E-state index in [1.165, 1.54) is 6.92 Å². The average Bonchev–Trinajstić information content (AvgIpc) is 2.90. The molecule has 0 unspecified atom stereocenters. The Labute approximate surface area is 255 Å². The van der Waals surface area contributed by atoms with E-state index >= 15 is 0 Å². The highest BCUT2D eigenvalue weighted by molar-refractivity contribution is 5.94. The van der Waals surface area contributed by atoms with Crippen molar-refractivity contribution < 1.29 is 33.8 Å². The molecular formula is C32H50N4O7. The second-order valence-electron chi connectivity index (χ2n) is 12.4. The van der Waals surface area contributed by atoms with Gasteiger partial charge in [-0.05, 0) is 58.9 Å². The molecule has 11 nitrogen and oxygen atoms in total. The number of ether oxygens (including phenoxy) is 1. The molecule has 1 rings (SSSR count). The van der Waals surface area contributed by atoms with Gasteiger partial charge in [0.1, 0.15) is 11.8 Å². The molecule has 5 N–H and O–H groups in total. The first-order valence-electron chi connectivity index (χ1n) is 14.8. The van der Waals surface area contributed by atoms with Gasteiger partial charge in [0, 0.05) is 31.7 Å². The molecule has 0 aliphatic heterocycles. The van der Waals surface area contributed by atoms with Crippen molar-refractivity contribution in [2.24, 2.45) is 28.5 Å². The van der Waals surface area contributed by atoms with E-state index in [4.69, 9.17) is 10.5 Å².